The molecule has 0 saturated carbocycles. The molecule has 0 spiro atoms. The number of aromatic amines is 1. The van der Waals surface area contributed by atoms with Gasteiger partial charge in [-0.15, -0.1) is 11.3 Å². The molecule has 0 atom stereocenters. The van der Waals surface area contributed by atoms with Crippen LogP contribution in [0, 0.1) is 0 Å². The smallest absolute Gasteiger partial charge is 0.337 e. The summed E-state index contributed by atoms with van der Waals surface area (Å²) in [6, 6.07) is 6.41. The zero-order valence-corrected chi connectivity index (χ0v) is 13.6. The van der Waals surface area contributed by atoms with Crippen LogP contribution in [0.1, 0.15) is 26.3 Å². The number of nitrogens with zero attached hydrogens (tertiary/aromatic N) is 1. The molecule has 24 heavy (non-hydrogen) atoms. The van der Waals surface area contributed by atoms with Gasteiger partial charge in [0.1, 0.15) is 4.83 Å². The summed E-state index contributed by atoms with van der Waals surface area (Å²) < 4.78 is 0. The van der Waals surface area contributed by atoms with Crippen molar-refractivity contribution in [2.24, 2.45) is 0 Å². The lowest BCUT2D eigenvalue weighted by atomic mass is 10.1. The van der Waals surface area contributed by atoms with Gasteiger partial charge in [0.2, 0.25) is 0 Å². The van der Waals surface area contributed by atoms with Crippen molar-refractivity contribution in [3.8, 4) is 0 Å². The Morgan fingerprint density at radius 2 is 1.88 bits per heavy atom. The van der Waals surface area contributed by atoms with Crippen molar-refractivity contribution in [1.29, 1.82) is 0 Å². The molecule has 0 aliphatic rings. The SMILES string of the molecule is O=C(O)c1ccc(CSc2nc3scc(C(=O)O)c3c(=O)[nH]2)cc1. The number of benzene rings is 1. The highest BCUT2D eigenvalue weighted by molar-refractivity contribution is 7.98. The fourth-order valence-corrected chi connectivity index (χ4v) is 3.84. The van der Waals surface area contributed by atoms with E-state index in [-0.39, 0.29) is 16.5 Å². The highest BCUT2D eigenvalue weighted by Crippen LogP contribution is 2.25. The topological polar surface area (TPSA) is 120 Å². The van der Waals surface area contributed by atoms with Gasteiger partial charge in [-0.3, -0.25) is 4.79 Å². The molecule has 0 aliphatic carbocycles. The third kappa shape index (κ3) is 3.17. The monoisotopic (exact) mass is 362 g/mol. The van der Waals surface area contributed by atoms with Gasteiger partial charge < -0.3 is 15.2 Å². The Kier molecular flexibility index (Phi) is 4.36. The third-order valence-electron chi connectivity index (χ3n) is 3.23. The number of thiophene rings is 1. The van der Waals surface area contributed by atoms with Crippen LogP contribution < -0.4 is 5.56 Å². The van der Waals surface area contributed by atoms with E-state index >= 15 is 0 Å². The molecule has 3 N–H and O–H groups in total. The van der Waals surface area contributed by atoms with Crippen molar-refractivity contribution in [2.75, 3.05) is 0 Å². The van der Waals surface area contributed by atoms with Crippen molar-refractivity contribution in [3.05, 3.63) is 56.7 Å². The van der Waals surface area contributed by atoms with Crippen LogP contribution in [0.15, 0.2) is 39.6 Å². The van der Waals surface area contributed by atoms with E-state index in [1.165, 1.54) is 29.3 Å². The number of carboxylic acid groups (broad SMARTS) is 2. The maximum absolute atomic E-state index is 12.1. The lowest BCUT2D eigenvalue weighted by Crippen LogP contribution is -2.11. The highest BCUT2D eigenvalue weighted by Gasteiger charge is 2.16. The van der Waals surface area contributed by atoms with Crippen LogP contribution in [0.25, 0.3) is 10.2 Å². The summed E-state index contributed by atoms with van der Waals surface area (Å²) >= 11 is 2.39. The number of hydrogen-bond acceptors (Lipinski definition) is 6. The van der Waals surface area contributed by atoms with Gasteiger partial charge in [-0.1, -0.05) is 23.9 Å². The number of carboxylic acids is 2. The van der Waals surface area contributed by atoms with Gasteiger partial charge in [-0.25, -0.2) is 14.6 Å². The first-order chi connectivity index (χ1) is 11.5. The summed E-state index contributed by atoms with van der Waals surface area (Å²) in [4.78, 5) is 41.2. The molecule has 0 unspecified atom stereocenters. The van der Waals surface area contributed by atoms with E-state index in [9.17, 15) is 14.4 Å². The van der Waals surface area contributed by atoms with Crippen LogP contribution in [-0.4, -0.2) is 32.1 Å². The molecule has 2 heterocycles. The summed E-state index contributed by atoms with van der Waals surface area (Å²) in [7, 11) is 0. The quantitative estimate of drug-likeness (QED) is 0.471. The summed E-state index contributed by atoms with van der Waals surface area (Å²) in [5.74, 6) is -1.66. The number of nitrogens with one attached hydrogen (secondary N) is 1. The van der Waals surface area contributed by atoms with Crippen LogP contribution in [0.4, 0.5) is 0 Å². The Bertz CT molecular complexity index is 991. The fraction of sp³-hybridized carbons (Fsp3) is 0.0667. The Hall–Kier alpha value is -2.65. The molecule has 0 aliphatic heterocycles. The Morgan fingerprint density at radius 3 is 2.50 bits per heavy atom. The van der Waals surface area contributed by atoms with Crippen molar-refractivity contribution in [3.63, 3.8) is 0 Å². The third-order valence-corrected chi connectivity index (χ3v) is 5.05. The van der Waals surface area contributed by atoms with E-state index in [0.717, 1.165) is 16.9 Å². The lowest BCUT2D eigenvalue weighted by Gasteiger charge is -2.02. The molecule has 0 fully saturated rings. The van der Waals surface area contributed by atoms with Gasteiger partial charge in [0, 0.05) is 11.1 Å². The largest absolute Gasteiger partial charge is 0.478 e. The number of aromatic carboxylic acids is 2. The predicted octanol–water partition coefficient (Wildman–Crippen LogP) is 2.67. The van der Waals surface area contributed by atoms with Gasteiger partial charge in [-0.2, -0.15) is 0 Å². The minimum atomic E-state index is -1.16. The van der Waals surface area contributed by atoms with Crippen molar-refractivity contribution >= 4 is 45.3 Å². The molecule has 0 radical (unpaired) electrons. The van der Waals surface area contributed by atoms with E-state index in [1.54, 1.807) is 12.1 Å². The number of hydrogen-bond donors (Lipinski definition) is 3. The van der Waals surface area contributed by atoms with Crippen molar-refractivity contribution in [2.45, 2.75) is 10.9 Å². The Morgan fingerprint density at radius 1 is 1.17 bits per heavy atom. The van der Waals surface area contributed by atoms with E-state index in [4.69, 9.17) is 10.2 Å². The normalized spacial score (nSPS) is 10.8. The van der Waals surface area contributed by atoms with E-state index in [0.29, 0.717) is 15.7 Å². The number of rotatable bonds is 5. The van der Waals surface area contributed by atoms with E-state index in [1.807, 2.05) is 0 Å². The average Bonchev–Trinajstić information content (AvgIpc) is 2.98. The Labute approximate surface area is 143 Å². The van der Waals surface area contributed by atoms with Crippen LogP contribution in [0.3, 0.4) is 0 Å². The first-order valence-corrected chi connectivity index (χ1v) is 8.52. The van der Waals surface area contributed by atoms with E-state index in [2.05, 4.69) is 9.97 Å². The van der Waals surface area contributed by atoms with Gasteiger partial charge in [0.25, 0.3) is 5.56 Å². The van der Waals surface area contributed by atoms with Crippen molar-refractivity contribution < 1.29 is 19.8 Å². The molecule has 3 aromatic rings. The van der Waals surface area contributed by atoms with E-state index < -0.39 is 17.5 Å². The molecular formula is C15H10N2O5S2. The molecule has 9 heteroatoms. The molecule has 1 aromatic carbocycles. The number of fused-ring (bicyclic) bond motifs is 1. The summed E-state index contributed by atoms with van der Waals surface area (Å²) in [5, 5.41) is 19.8. The second-order valence-electron chi connectivity index (χ2n) is 4.80. The molecule has 0 bridgehead atoms. The van der Waals surface area contributed by atoms with Crippen LogP contribution in [0.2, 0.25) is 0 Å². The minimum absolute atomic E-state index is 0.0513. The second-order valence-corrected chi connectivity index (χ2v) is 6.62. The minimum Gasteiger partial charge on any atom is -0.478 e. The summed E-state index contributed by atoms with van der Waals surface area (Å²) in [6.45, 7) is 0. The van der Waals surface area contributed by atoms with Crippen molar-refractivity contribution in [1.82, 2.24) is 9.97 Å². The predicted molar refractivity (Wildman–Crippen MR) is 90.2 cm³/mol. The standard InChI is InChI=1S/C15H10N2O5S2/c18-11-10-9(14(21)22)6-23-12(10)17-15(16-11)24-5-7-1-3-8(4-2-7)13(19)20/h1-4,6H,5H2,(H,19,20)(H,21,22)(H,16,17,18). The molecule has 2 aromatic heterocycles. The number of carbonyl (C=O) groups is 2. The average molecular weight is 362 g/mol. The first kappa shape index (κ1) is 16.2. The van der Waals surface area contributed by atoms with Gasteiger partial charge in [0.05, 0.1) is 16.5 Å². The number of H-pyrrole nitrogens is 1. The molecular weight excluding hydrogens is 352 g/mol. The summed E-state index contributed by atoms with van der Waals surface area (Å²) in [6.07, 6.45) is 0. The maximum atomic E-state index is 12.1. The zero-order valence-electron chi connectivity index (χ0n) is 12.0. The molecule has 0 amide bonds. The lowest BCUT2D eigenvalue weighted by molar-refractivity contribution is 0.0687. The highest BCUT2D eigenvalue weighted by atomic mass is 32.2. The van der Waals surface area contributed by atoms with Gasteiger partial charge in [-0.05, 0) is 17.7 Å². The van der Waals surface area contributed by atoms with Crippen LogP contribution in [-0.2, 0) is 5.75 Å². The van der Waals surface area contributed by atoms with Crippen LogP contribution in [0.5, 0.6) is 0 Å². The fourth-order valence-electron chi connectivity index (χ4n) is 2.05. The molecule has 3 rings (SSSR count). The maximum Gasteiger partial charge on any atom is 0.337 e. The number of aromatic nitrogens is 2. The Balaban J connectivity index is 1.82. The van der Waals surface area contributed by atoms with Crippen LogP contribution >= 0.6 is 23.1 Å². The first-order valence-electron chi connectivity index (χ1n) is 6.65. The van der Waals surface area contributed by atoms with Gasteiger partial charge >= 0.3 is 11.9 Å². The number of thioether (sulfide) groups is 1. The van der Waals surface area contributed by atoms with Gasteiger partial charge in [0.15, 0.2) is 5.16 Å². The molecule has 122 valence electrons. The molecule has 0 saturated heterocycles. The zero-order chi connectivity index (χ0) is 17.3. The second kappa shape index (κ2) is 6.46. The summed E-state index contributed by atoms with van der Waals surface area (Å²) in [5.41, 5.74) is 0.550. The molecule has 7 nitrogen and oxygen atoms in total.